The number of ether oxygens (including phenoxy) is 2. The lowest BCUT2D eigenvalue weighted by Crippen LogP contribution is -2.50. The molecule has 1 amide bonds. The van der Waals surface area contributed by atoms with E-state index in [1.807, 2.05) is 0 Å². The number of carbonyl (C=O) groups is 1. The highest BCUT2D eigenvalue weighted by molar-refractivity contribution is 7.92. The second kappa shape index (κ2) is 7.56. The van der Waals surface area contributed by atoms with Gasteiger partial charge in [0.15, 0.2) is 5.94 Å². The van der Waals surface area contributed by atoms with E-state index in [0.717, 1.165) is 0 Å². The summed E-state index contributed by atoms with van der Waals surface area (Å²) in [5, 5.41) is 0.280. The number of alkyl halides is 3. The number of benzene rings is 1. The van der Waals surface area contributed by atoms with Crippen LogP contribution < -0.4 is 4.74 Å². The first kappa shape index (κ1) is 22.1. The minimum atomic E-state index is -5.48. The molecule has 1 saturated heterocycles. The summed E-state index contributed by atoms with van der Waals surface area (Å²) in [4.78, 5) is 22.0. The standard InChI is InChI=1S/C18H20F3N3O5S/c1-17(2,3)29-16(25)24-8-11(9-24)14-22-13-7-5-4-6-12(13)15(23-14)28-10-30(26,27)18(19,20)21/h4-7,11H,8-10H2,1-3H3. The largest absolute Gasteiger partial charge is 0.500 e. The molecule has 2 aromatic rings. The van der Waals surface area contributed by atoms with Crippen molar-refractivity contribution < 1.29 is 35.9 Å². The lowest BCUT2D eigenvalue weighted by atomic mass is 9.99. The van der Waals surface area contributed by atoms with Gasteiger partial charge < -0.3 is 14.4 Å². The van der Waals surface area contributed by atoms with E-state index in [-0.39, 0.29) is 36.1 Å². The first-order valence-electron chi connectivity index (χ1n) is 8.93. The molecule has 1 aromatic carbocycles. The second-order valence-corrected chi connectivity index (χ2v) is 9.74. The third-order valence-electron chi connectivity index (χ3n) is 4.19. The Morgan fingerprint density at radius 1 is 1.17 bits per heavy atom. The molecule has 164 valence electrons. The molecule has 0 radical (unpaired) electrons. The summed E-state index contributed by atoms with van der Waals surface area (Å²) >= 11 is 0. The van der Waals surface area contributed by atoms with Crippen LogP contribution in [0.2, 0.25) is 0 Å². The van der Waals surface area contributed by atoms with E-state index in [2.05, 4.69) is 9.97 Å². The van der Waals surface area contributed by atoms with Gasteiger partial charge in [0.25, 0.3) is 9.84 Å². The normalized spacial score (nSPS) is 15.7. The van der Waals surface area contributed by atoms with Crippen LogP contribution in [0, 0.1) is 0 Å². The zero-order valence-corrected chi connectivity index (χ0v) is 17.2. The van der Waals surface area contributed by atoms with Gasteiger partial charge in [0, 0.05) is 13.1 Å². The van der Waals surface area contributed by atoms with Crippen LogP contribution in [0.25, 0.3) is 10.9 Å². The molecule has 1 aromatic heterocycles. The highest BCUT2D eigenvalue weighted by Gasteiger charge is 2.46. The topological polar surface area (TPSA) is 98.7 Å². The van der Waals surface area contributed by atoms with Crippen molar-refractivity contribution in [2.24, 2.45) is 0 Å². The van der Waals surface area contributed by atoms with Gasteiger partial charge in [-0.2, -0.15) is 18.2 Å². The van der Waals surface area contributed by atoms with Crippen molar-refractivity contribution >= 4 is 26.8 Å². The molecule has 0 unspecified atom stereocenters. The fourth-order valence-electron chi connectivity index (χ4n) is 2.67. The average Bonchev–Trinajstić information content (AvgIpc) is 2.55. The van der Waals surface area contributed by atoms with Crippen LogP contribution in [-0.4, -0.2) is 59.5 Å². The van der Waals surface area contributed by atoms with Crippen LogP contribution in [0.3, 0.4) is 0 Å². The Bertz CT molecular complexity index is 1060. The predicted molar refractivity (Wildman–Crippen MR) is 101 cm³/mol. The Labute approximate surface area is 170 Å². The van der Waals surface area contributed by atoms with E-state index in [1.54, 1.807) is 39.0 Å². The maximum Gasteiger partial charge on any atom is 0.500 e. The molecule has 0 spiro atoms. The van der Waals surface area contributed by atoms with E-state index >= 15 is 0 Å². The fourth-order valence-corrected chi connectivity index (χ4v) is 3.08. The Hall–Kier alpha value is -2.63. The molecule has 12 heteroatoms. The molecule has 30 heavy (non-hydrogen) atoms. The summed E-state index contributed by atoms with van der Waals surface area (Å²) in [6.07, 6.45) is -0.493. The molecule has 0 aliphatic carbocycles. The molecule has 3 rings (SSSR count). The van der Waals surface area contributed by atoms with Crippen LogP contribution in [0.5, 0.6) is 5.88 Å². The summed E-state index contributed by atoms with van der Waals surface area (Å²) < 4.78 is 70.7. The zero-order chi connectivity index (χ0) is 22.3. The summed E-state index contributed by atoms with van der Waals surface area (Å²) in [5.74, 6) is -1.90. The van der Waals surface area contributed by atoms with E-state index in [1.165, 1.54) is 11.0 Å². The lowest BCUT2D eigenvalue weighted by molar-refractivity contribution is -0.0449. The van der Waals surface area contributed by atoms with Gasteiger partial charge in [-0.1, -0.05) is 12.1 Å². The van der Waals surface area contributed by atoms with E-state index in [0.29, 0.717) is 5.52 Å². The van der Waals surface area contributed by atoms with Crippen molar-refractivity contribution in [3.05, 3.63) is 30.1 Å². The van der Waals surface area contributed by atoms with Crippen LogP contribution >= 0.6 is 0 Å². The van der Waals surface area contributed by atoms with Gasteiger partial charge in [-0.3, -0.25) is 0 Å². The first-order chi connectivity index (χ1) is 13.8. The number of para-hydroxylation sites is 1. The van der Waals surface area contributed by atoms with Gasteiger partial charge in [0.2, 0.25) is 5.88 Å². The van der Waals surface area contributed by atoms with E-state index < -0.39 is 33.0 Å². The highest BCUT2D eigenvalue weighted by Crippen LogP contribution is 2.31. The molecule has 1 aliphatic rings. The maximum absolute atomic E-state index is 12.6. The Balaban J connectivity index is 1.80. The number of hydrogen-bond acceptors (Lipinski definition) is 7. The van der Waals surface area contributed by atoms with Crippen molar-refractivity contribution in [3.63, 3.8) is 0 Å². The molecular weight excluding hydrogens is 427 g/mol. The van der Waals surface area contributed by atoms with Gasteiger partial charge in [-0.05, 0) is 32.9 Å². The van der Waals surface area contributed by atoms with E-state index in [4.69, 9.17) is 9.47 Å². The molecule has 0 bridgehead atoms. The van der Waals surface area contributed by atoms with Crippen molar-refractivity contribution in [3.8, 4) is 5.88 Å². The molecule has 0 saturated carbocycles. The summed E-state index contributed by atoms with van der Waals surface area (Å²) in [6, 6.07) is 6.39. The highest BCUT2D eigenvalue weighted by atomic mass is 32.2. The minimum absolute atomic E-state index is 0.243. The van der Waals surface area contributed by atoms with Gasteiger partial charge in [0.05, 0.1) is 16.8 Å². The maximum atomic E-state index is 12.6. The molecular formula is C18H20F3N3O5S. The number of amides is 1. The number of hydrogen-bond donors (Lipinski definition) is 0. The molecule has 1 aliphatic heterocycles. The Kier molecular flexibility index (Phi) is 5.56. The number of halogens is 3. The van der Waals surface area contributed by atoms with Crippen molar-refractivity contribution in [2.45, 2.75) is 37.8 Å². The van der Waals surface area contributed by atoms with Gasteiger partial charge in [0.1, 0.15) is 11.4 Å². The number of nitrogens with zero attached hydrogens (tertiary/aromatic N) is 3. The third kappa shape index (κ3) is 4.74. The van der Waals surface area contributed by atoms with Crippen LogP contribution in [0.15, 0.2) is 24.3 Å². The number of likely N-dealkylation sites (tertiary alicyclic amines) is 1. The second-order valence-electron chi connectivity index (χ2n) is 7.81. The van der Waals surface area contributed by atoms with Crippen LogP contribution in [0.4, 0.5) is 18.0 Å². The van der Waals surface area contributed by atoms with Crippen molar-refractivity contribution in [1.82, 2.24) is 14.9 Å². The fraction of sp³-hybridized carbons (Fsp3) is 0.500. The molecule has 1 fully saturated rings. The zero-order valence-electron chi connectivity index (χ0n) is 16.4. The van der Waals surface area contributed by atoms with Crippen LogP contribution in [-0.2, 0) is 14.6 Å². The first-order valence-corrected chi connectivity index (χ1v) is 10.6. The third-order valence-corrected chi connectivity index (χ3v) is 5.32. The van der Waals surface area contributed by atoms with Crippen molar-refractivity contribution in [2.75, 3.05) is 19.0 Å². The number of fused-ring (bicyclic) bond motifs is 1. The molecule has 2 heterocycles. The SMILES string of the molecule is CC(C)(C)OC(=O)N1CC(c2nc(OCS(=O)(=O)C(F)(F)F)c3ccccc3n2)C1. The number of carbonyl (C=O) groups excluding carboxylic acids is 1. The van der Waals surface area contributed by atoms with Crippen LogP contribution in [0.1, 0.15) is 32.5 Å². The number of rotatable bonds is 4. The summed E-state index contributed by atoms with van der Waals surface area (Å²) in [5.41, 5.74) is -5.69. The average molecular weight is 447 g/mol. The number of aromatic nitrogens is 2. The summed E-state index contributed by atoms with van der Waals surface area (Å²) in [6.45, 7) is 5.74. The monoisotopic (exact) mass is 447 g/mol. The number of sulfone groups is 1. The quantitative estimate of drug-likeness (QED) is 0.710. The van der Waals surface area contributed by atoms with Gasteiger partial charge in [-0.25, -0.2) is 18.2 Å². The minimum Gasteiger partial charge on any atom is -0.460 e. The molecule has 0 N–H and O–H groups in total. The van der Waals surface area contributed by atoms with E-state index in [9.17, 15) is 26.4 Å². The lowest BCUT2D eigenvalue weighted by Gasteiger charge is -2.38. The van der Waals surface area contributed by atoms with Gasteiger partial charge >= 0.3 is 11.6 Å². The predicted octanol–water partition coefficient (Wildman–Crippen LogP) is 3.24. The Morgan fingerprint density at radius 2 is 1.80 bits per heavy atom. The smallest absolute Gasteiger partial charge is 0.460 e. The summed E-state index contributed by atoms with van der Waals surface area (Å²) in [7, 11) is -5.48. The molecule has 8 nitrogen and oxygen atoms in total. The van der Waals surface area contributed by atoms with Crippen molar-refractivity contribution in [1.29, 1.82) is 0 Å². The van der Waals surface area contributed by atoms with Gasteiger partial charge in [-0.15, -0.1) is 0 Å². The molecule has 0 atom stereocenters. The Morgan fingerprint density at radius 3 is 2.40 bits per heavy atom.